The fourth-order valence-corrected chi connectivity index (χ4v) is 0.595. The summed E-state index contributed by atoms with van der Waals surface area (Å²) in [7, 11) is 0. The van der Waals surface area contributed by atoms with Gasteiger partial charge in [0.2, 0.25) is 0 Å². The first-order valence-electron chi connectivity index (χ1n) is 3.99. The largest absolute Gasteiger partial charge is 2.00 e. The van der Waals surface area contributed by atoms with Crippen molar-refractivity contribution in [3.05, 3.63) is 0 Å². The van der Waals surface area contributed by atoms with Crippen molar-refractivity contribution in [3.63, 3.8) is 0 Å². The van der Waals surface area contributed by atoms with Gasteiger partial charge in [-0.05, 0) is 12.8 Å². The van der Waals surface area contributed by atoms with Gasteiger partial charge in [0.1, 0.15) is 0 Å². The molecule has 0 bridgehead atoms. The Hall–Kier alpha value is 1.16. The Morgan fingerprint density at radius 1 is 0.833 bits per heavy atom. The van der Waals surface area contributed by atoms with E-state index in [4.69, 9.17) is 4.74 Å². The van der Waals surface area contributed by atoms with E-state index < -0.39 is 0 Å². The van der Waals surface area contributed by atoms with Crippen molar-refractivity contribution in [1.82, 2.24) is 0 Å². The van der Waals surface area contributed by atoms with Crippen LogP contribution >= 0.6 is 0 Å². The van der Waals surface area contributed by atoms with Crippen LogP contribution in [0.2, 0.25) is 0 Å². The van der Waals surface area contributed by atoms with Crippen molar-refractivity contribution in [2.24, 2.45) is 0 Å². The minimum atomic E-state index is 0. The standard InChI is InChI=1S/C8H18O.2ClH.Zn/c1-3-5-7-9-8-6-4-2;;;/h3-8H2,1-2H3;2*1H;/q;;;+2/p-2. The minimum Gasteiger partial charge on any atom is -1.00 e. The Morgan fingerprint density at radius 2 is 1.17 bits per heavy atom. The number of halogens is 2. The van der Waals surface area contributed by atoms with Gasteiger partial charge in [0.15, 0.2) is 0 Å². The molecule has 0 spiro atoms. The molecule has 0 aromatic rings. The van der Waals surface area contributed by atoms with E-state index in [9.17, 15) is 0 Å². The third kappa shape index (κ3) is 22.5. The van der Waals surface area contributed by atoms with E-state index in [2.05, 4.69) is 13.8 Å². The van der Waals surface area contributed by atoms with Crippen molar-refractivity contribution in [2.45, 2.75) is 39.5 Å². The van der Waals surface area contributed by atoms with Gasteiger partial charge in [0.25, 0.3) is 0 Å². The monoisotopic (exact) mass is 264 g/mol. The number of hydrogen-bond acceptors (Lipinski definition) is 1. The molecule has 4 heteroatoms. The van der Waals surface area contributed by atoms with Crippen molar-refractivity contribution < 1.29 is 49.0 Å². The normalized spacial score (nSPS) is 7.50. The fraction of sp³-hybridized carbons (Fsp3) is 1.00. The molecule has 0 aliphatic heterocycles. The van der Waals surface area contributed by atoms with Gasteiger partial charge in [-0.15, -0.1) is 0 Å². The van der Waals surface area contributed by atoms with Crippen LogP contribution in [0, 0.1) is 0 Å². The third-order valence-electron chi connectivity index (χ3n) is 1.28. The smallest absolute Gasteiger partial charge is 1.00 e. The Labute approximate surface area is 102 Å². The van der Waals surface area contributed by atoms with Gasteiger partial charge >= 0.3 is 19.5 Å². The van der Waals surface area contributed by atoms with Crippen LogP contribution in [0.3, 0.4) is 0 Å². The summed E-state index contributed by atoms with van der Waals surface area (Å²) in [5, 5.41) is 0. The molecule has 0 rings (SSSR count). The Balaban J connectivity index is -0.000000107. The van der Waals surface area contributed by atoms with E-state index in [1.165, 1.54) is 25.7 Å². The van der Waals surface area contributed by atoms with E-state index in [0.717, 1.165) is 13.2 Å². The average molecular weight is 267 g/mol. The zero-order valence-corrected chi connectivity index (χ0v) is 12.6. The van der Waals surface area contributed by atoms with Crippen molar-refractivity contribution in [3.8, 4) is 0 Å². The molecule has 0 radical (unpaired) electrons. The quantitative estimate of drug-likeness (QED) is 0.360. The number of hydrogen-bond donors (Lipinski definition) is 0. The Morgan fingerprint density at radius 3 is 1.42 bits per heavy atom. The molecule has 72 valence electrons. The van der Waals surface area contributed by atoms with Gasteiger partial charge < -0.3 is 29.6 Å². The van der Waals surface area contributed by atoms with E-state index in [-0.39, 0.29) is 44.3 Å². The fourth-order valence-electron chi connectivity index (χ4n) is 0.595. The minimum absolute atomic E-state index is 0. The molecule has 1 nitrogen and oxygen atoms in total. The van der Waals surface area contributed by atoms with Crippen LogP contribution in [0.15, 0.2) is 0 Å². The second kappa shape index (κ2) is 22.7. The first kappa shape index (κ1) is 23.2. The molecule has 0 atom stereocenters. The van der Waals surface area contributed by atoms with Gasteiger partial charge in [0, 0.05) is 13.2 Å². The summed E-state index contributed by atoms with van der Waals surface area (Å²) in [5.41, 5.74) is 0. The molecule has 0 aliphatic rings. The van der Waals surface area contributed by atoms with Gasteiger partial charge in [0.05, 0.1) is 0 Å². The summed E-state index contributed by atoms with van der Waals surface area (Å²) >= 11 is 0. The molecule has 0 saturated carbocycles. The number of rotatable bonds is 6. The Bertz CT molecular complexity index is 50.3. The van der Waals surface area contributed by atoms with Gasteiger partial charge in [-0.3, -0.25) is 0 Å². The van der Waals surface area contributed by atoms with Crippen molar-refractivity contribution >= 4 is 0 Å². The second-order valence-electron chi connectivity index (χ2n) is 2.32. The predicted molar refractivity (Wildman–Crippen MR) is 40.6 cm³/mol. The summed E-state index contributed by atoms with van der Waals surface area (Å²) in [4.78, 5) is 0. The van der Waals surface area contributed by atoms with Crippen LogP contribution in [0.4, 0.5) is 0 Å². The molecular weight excluding hydrogens is 248 g/mol. The van der Waals surface area contributed by atoms with Crippen molar-refractivity contribution in [1.29, 1.82) is 0 Å². The molecule has 0 N–H and O–H groups in total. The molecule has 0 amide bonds. The van der Waals surface area contributed by atoms with Crippen LogP contribution in [0.5, 0.6) is 0 Å². The zero-order valence-electron chi connectivity index (χ0n) is 8.11. The van der Waals surface area contributed by atoms with E-state index in [1.54, 1.807) is 0 Å². The molecular formula is C8H18Cl2OZn. The van der Waals surface area contributed by atoms with E-state index in [1.807, 2.05) is 0 Å². The molecule has 0 aromatic carbocycles. The summed E-state index contributed by atoms with van der Waals surface area (Å²) < 4.78 is 5.31. The van der Waals surface area contributed by atoms with E-state index in [0.29, 0.717) is 0 Å². The maximum atomic E-state index is 5.31. The van der Waals surface area contributed by atoms with Gasteiger partial charge in [-0.1, -0.05) is 26.7 Å². The SMILES string of the molecule is CCCCOCCCC.[Cl-].[Cl-].[Zn+2]. The molecule has 0 aliphatic carbocycles. The second-order valence-corrected chi connectivity index (χ2v) is 2.32. The average Bonchev–Trinajstić information content (AvgIpc) is 1.89. The van der Waals surface area contributed by atoms with Crippen LogP contribution < -0.4 is 24.8 Å². The van der Waals surface area contributed by atoms with Crippen molar-refractivity contribution in [2.75, 3.05) is 13.2 Å². The maximum Gasteiger partial charge on any atom is 2.00 e. The maximum absolute atomic E-state index is 5.31. The molecule has 0 fully saturated rings. The van der Waals surface area contributed by atoms with Gasteiger partial charge in [-0.25, -0.2) is 0 Å². The summed E-state index contributed by atoms with van der Waals surface area (Å²) in [6.07, 6.45) is 4.91. The molecule has 0 aromatic heterocycles. The Kier molecular flexibility index (Phi) is 44.0. The van der Waals surface area contributed by atoms with Crippen LogP contribution in [-0.4, -0.2) is 13.2 Å². The first-order chi connectivity index (χ1) is 4.41. The third-order valence-corrected chi connectivity index (χ3v) is 1.28. The topological polar surface area (TPSA) is 9.23 Å². The summed E-state index contributed by atoms with van der Waals surface area (Å²) in [5.74, 6) is 0. The summed E-state index contributed by atoms with van der Waals surface area (Å²) in [6, 6.07) is 0. The predicted octanol–water partition coefficient (Wildman–Crippen LogP) is -3.39. The summed E-state index contributed by atoms with van der Waals surface area (Å²) in [6.45, 7) is 6.28. The van der Waals surface area contributed by atoms with Crippen LogP contribution in [0.25, 0.3) is 0 Å². The number of unbranched alkanes of at least 4 members (excludes halogenated alkanes) is 2. The zero-order chi connectivity index (χ0) is 6.95. The van der Waals surface area contributed by atoms with Crippen LogP contribution in [0.1, 0.15) is 39.5 Å². The van der Waals surface area contributed by atoms with Gasteiger partial charge in [-0.2, -0.15) is 0 Å². The molecule has 12 heavy (non-hydrogen) atoms. The molecule has 0 unspecified atom stereocenters. The first-order valence-corrected chi connectivity index (χ1v) is 3.99. The molecule has 0 saturated heterocycles. The number of ether oxygens (including phenoxy) is 1. The van der Waals surface area contributed by atoms with E-state index >= 15 is 0 Å². The van der Waals surface area contributed by atoms with Crippen LogP contribution in [-0.2, 0) is 24.2 Å². The molecule has 0 heterocycles.